The van der Waals surface area contributed by atoms with Crippen LogP contribution < -0.4 is 21.1 Å². The summed E-state index contributed by atoms with van der Waals surface area (Å²) in [6, 6.07) is 2.67. The van der Waals surface area contributed by atoms with Gasteiger partial charge in [0.15, 0.2) is 5.82 Å². The van der Waals surface area contributed by atoms with Gasteiger partial charge in [0.2, 0.25) is 0 Å². The lowest BCUT2D eigenvalue weighted by atomic mass is 9.98. The number of ether oxygens (including phenoxy) is 1. The van der Waals surface area contributed by atoms with E-state index in [1.54, 1.807) is 0 Å². The van der Waals surface area contributed by atoms with Crippen LogP contribution in [0.2, 0.25) is 5.02 Å². The Morgan fingerprint density at radius 3 is 2.60 bits per heavy atom. The van der Waals surface area contributed by atoms with E-state index in [0.717, 1.165) is 44.7 Å². The van der Waals surface area contributed by atoms with Crippen LogP contribution in [0.1, 0.15) is 43.2 Å². The number of anilines is 2. The highest BCUT2D eigenvalue weighted by Crippen LogP contribution is 2.47. The first-order valence-corrected chi connectivity index (χ1v) is 13.7. The van der Waals surface area contributed by atoms with E-state index in [1.165, 1.54) is 13.0 Å². The quantitative estimate of drug-likeness (QED) is 0.410. The lowest BCUT2D eigenvalue weighted by molar-refractivity contribution is -0.137. The smallest absolute Gasteiger partial charge is 0.418 e. The molecule has 40 heavy (non-hydrogen) atoms. The Morgan fingerprint density at radius 2 is 1.98 bits per heavy atom. The number of rotatable bonds is 5. The van der Waals surface area contributed by atoms with Crippen molar-refractivity contribution in [2.75, 3.05) is 37.4 Å². The van der Waals surface area contributed by atoms with Gasteiger partial charge in [0.05, 0.1) is 21.8 Å². The number of pyridine rings is 1. The number of hydrogen-bond donors (Lipinski definition) is 2. The van der Waals surface area contributed by atoms with Gasteiger partial charge in [0.1, 0.15) is 23.8 Å². The minimum atomic E-state index is -4.83. The molecule has 13 heteroatoms. The number of likely N-dealkylation sites (N-methyl/N-ethyl adjacent to an activating group) is 1. The molecule has 1 unspecified atom stereocenters. The lowest BCUT2D eigenvalue weighted by Gasteiger charge is -2.32. The number of halogens is 5. The van der Waals surface area contributed by atoms with Gasteiger partial charge in [-0.2, -0.15) is 23.1 Å². The summed E-state index contributed by atoms with van der Waals surface area (Å²) < 4.78 is 64.8. The maximum absolute atomic E-state index is 16.4. The number of aromatic nitrogens is 3. The van der Waals surface area contributed by atoms with Crippen molar-refractivity contribution in [2.24, 2.45) is 5.73 Å². The first kappa shape index (κ1) is 27.2. The molecule has 0 spiro atoms. The average molecular weight is 580 g/mol. The van der Waals surface area contributed by atoms with Crippen molar-refractivity contribution >= 4 is 34.1 Å². The van der Waals surface area contributed by atoms with Gasteiger partial charge in [-0.3, -0.25) is 0 Å². The second kappa shape index (κ2) is 9.56. The summed E-state index contributed by atoms with van der Waals surface area (Å²) >= 11 is 6.53. The Balaban J connectivity index is 1.54. The molecule has 8 nitrogen and oxygen atoms in total. The molecule has 3 fully saturated rings. The molecule has 3 aliphatic rings. The summed E-state index contributed by atoms with van der Waals surface area (Å²) in [6.45, 7) is 2.98. The van der Waals surface area contributed by atoms with Crippen LogP contribution in [0.4, 0.5) is 29.2 Å². The van der Waals surface area contributed by atoms with Crippen LogP contribution in [0, 0.1) is 12.7 Å². The first-order valence-electron chi connectivity index (χ1n) is 13.3. The third-order valence-corrected chi connectivity index (χ3v) is 8.79. The molecule has 0 radical (unpaired) electrons. The fourth-order valence-electron chi connectivity index (χ4n) is 6.51. The SMILES string of the molecule is Cc1cc(N)nc(-c2c(Cl)cc3c(N4C[C@]5(N)CC[C@H]4C5)nc(OCC4CCCN4C)nc3c2F)c1C(F)(F)F. The summed E-state index contributed by atoms with van der Waals surface area (Å²) in [5, 5.41) is 0.00725. The monoisotopic (exact) mass is 579 g/mol. The largest absolute Gasteiger partial charge is 0.462 e. The van der Waals surface area contributed by atoms with Crippen molar-refractivity contribution < 1.29 is 22.3 Å². The number of aryl methyl sites for hydroxylation is 1. The van der Waals surface area contributed by atoms with Gasteiger partial charge >= 0.3 is 12.2 Å². The van der Waals surface area contributed by atoms with Crippen LogP contribution in [-0.4, -0.2) is 64.2 Å². The maximum atomic E-state index is 16.4. The number of benzene rings is 1. The first-order chi connectivity index (χ1) is 18.8. The van der Waals surface area contributed by atoms with Gasteiger partial charge < -0.3 is 26.0 Å². The van der Waals surface area contributed by atoms with Gasteiger partial charge in [0, 0.05) is 29.6 Å². The summed E-state index contributed by atoms with van der Waals surface area (Å²) in [7, 11) is 2.00. The van der Waals surface area contributed by atoms with Crippen molar-refractivity contribution in [3.8, 4) is 17.3 Å². The van der Waals surface area contributed by atoms with Crippen molar-refractivity contribution in [2.45, 2.75) is 62.8 Å². The zero-order valence-corrected chi connectivity index (χ0v) is 22.9. The summed E-state index contributed by atoms with van der Waals surface area (Å²) in [5.41, 5.74) is 9.25. The highest BCUT2D eigenvalue weighted by atomic mass is 35.5. The predicted molar refractivity (Wildman–Crippen MR) is 145 cm³/mol. The predicted octanol–water partition coefficient (Wildman–Crippen LogP) is 4.94. The van der Waals surface area contributed by atoms with E-state index in [-0.39, 0.29) is 50.9 Å². The molecule has 2 aliphatic heterocycles. The molecule has 0 amide bonds. The Hall–Kier alpha value is -2.96. The van der Waals surface area contributed by atoms with E-state index >= 15 is 4.39 Å². The molecule has 1 saturated carbocycles. The molecule has 1 aliphatic carbocycles. The topological polar surface area (TPSA) is 106 Å². The molecule has 2 saturated heterocycles. The third-order valence-electron chi connectivity index (χ3n) is 8.49. The van der Waals surface area contributed by atoms with Crippen molar-refractivity contribution in [1.29, 1.82) is 0 Å². The molecule has 1 aromatic carbocycles. The van der Waals surface area contributed by atoms with E-state index in [2.05, 4.69) is 19.9 Å². The van der Waals surface area contributed by atoms with Crippen LogP contribution in [0.25, 0.3) is 22.2 Å². The Morgan fingerprint density at radius 1 is 1.20 bits per heavy atom. The number of nitrogens with two attached hydrogens (primary N) is 2. The molecule has 3 aromatic rings. The molecule has 214 valence electrons. The second-order valence-corrected chi connectivity index (χ2v) is 11.7. The third kappa shape index (κ3) is 4.59. The fraction of sp³-hybridized carbons (Fsp3) is 0.519. The minimum Gasteiger partial charge on any atom is -0.462 e. The molecule has 6 rings (SSSR count). The minimum absolute atomic E-state index is 0.0587. The summed E-state index contributed by atoms with van der Waals surface area (Å²) in [5.74, 6) is -0.841. The Bertz CT molecular complexity index is 1500. The molecule has 4 N–H and O–H groups in total. The van der Waals surface area contributed by atoms with E-state index in [1.807, 2.05) is 11.9 Å². The summed E-state index contributed by atoms with van der Waals surface area (Å²) in [6.07, 6.45) is -0.372. The van der Waals surface area contributed by atoms with Crippen molar-refractivity contribution in [3.05, 3.63) is 34.1 Å². The van der Waals surface area contributed by atoms with Crippen molar-refractivity contribution in [3.63, 3.8) is 0 Å². The van der Waals surface area contributed by atoms with Gasteiger partial charge in [-0.05, 0) is 70.3 Å². The fourth-order valence-corrected chi connectivity index (χ4v) is 6.79. The number of nitrogens with zero attached hydrogens (tertiary/aromatic N) is 5. The lowest BCUT2D eigenvalue weighted by Crippen LogP contribution is -2.45. The normalized spacial score (nSPS) is 24.9. The van der Waals surface area contributed by atoms with E-state index in [0.29, 0.717) is 19.0 Å². The van der Waals surface area contributed by atoms with Crippen LogP contribution in [0.3, 0.4) is 0 Å². The van der Waals surface area contributed by atoms with Crippen molar-refractivity contribution in [1.82, 2.24) is 19.9 Å². The highest BCUT2D eigenvalue weighted by molar-refractivity contribution is 6.34. The molecular weight excluding hydrogens is 550 g/mol. The molecule has 2 bridgehead atoms. The zero-order chi connectivity index (χ0) is 28.6. The number of hydrogen-bond acceptors (Lipinski definition) is 8. The number of nitrogen functional groups attached to an aromatic ring is 1. The molecule has 2 aromatic heterocycles. The zero-order valence-electron chi connectivity index (χ0n) is 22.2. The second-order valence-electron chi connectivity index (χ2n) is 11.3. The number of likely N-dealkylation sites (tertiary alicyclic amines) is 1. The van der Waals surface area contributed by atoms with Crippen LogP contribution >= 0.6 is 11.6 Å². The van der Waals surface area contributed by atoms with Crippen LogP contribution in [-0.2, 0) is 6.18 Å². The average Bonchev–Trinajstić information content (AvgIpc) is 3.54. The number of alkyl halides is 3. The van der Waals surface area contributed by atoms with Crippen LogP contribution in [0.15, 0.2) is 12.1 Å². The molecule has 4 heterocycles. The Labute approximate surface area is 233 Å². The van der Waals surface area contributed by atoms with E-state index in [9.17, 15) is 13.2 Å². The molecular formula is C27H30ClF4N7O. The van der Waals surface area contributed by atoms with Crippen LogP contribution in [0.5, 0.6) is 6.01 Å². The van der Waals surface area contributed by atoms with Gasteiger partial charge in [-0.25, -0.2) is 9.37 Å². The number of fused-ring (bicyclic) bond motifs is 3. The Kier molecular flexibility index (Phi) is 6.50. The van der Waals surface area contributed by atoms with Gasteiger partial charge in [-0.15, -0.1) is 0 Å². The highest BCUT2D eigenvalue weighted by Gasteiger charge is 2.48. The summed E-state index contributed by atoms with van der Waals surface area (Å²) in [4.78, 5) is 17.1. The maximum Gasteiger partial charge on any atom is 0.418 e. The van der Waals surface area contributed by atoms with Gasteiger partial charge in [0.25, 0.3) is 0 Å². The number of piperidine rings is 1. The van der Waals surface area contributed by atoms with E-state index < -0.39 is 28.8 Å². The van der Waals surface area contributed by atoms with Gasteiger partial charge in [-0.1, -0.05) is 11.6 Å². The van der Waals surface area contributed by atoms with E-state index in [4.69, 9.17) is 27.8 Å². The standard InChI is InChI=1S/C27H30ClF4N7O/c1-13-8-18(33)35-23(20(13)27(30,31)32)19-17(28)9-16-22(21(19)29)36-25(40-11-15-4-3-7-38(15)2)37-24(16)39-12-26(34)6-5-14(39)10-26/h8-9,14-15H,3-7,10-12,34H2,1-2H3,(H2,33,35)/t14-,15?,26-/m0/s1. The molecule has 3 atom stereocenters.